The van der Waals surface area contributed by atoms with Crippen LogP contribution in [0.5, 0.6) is 6.01 Å². The van der Waals surface area contributed by atoms with Crippen LogP contribution in [0, 0.1) is 12.7 Å². The van der Waals surface area contributed by atoms with Crippen LogP contribution < -0.4 is 15.4 Å². The minimum Gasteiger partial charge on any atom is -0.466 e. The summed E-state index contributed by atoms with van der Waals surface area (Å²) in [5.41, 5.74) is 9.71. The zero-order chi connectivity index (χ0) is 37.4. The Morgan fingerprint density at radius 3 is 2.80 bits per heavy atom. The third kappa shape index (κ3) is 7.12. The number of fused-ring (bicyclic) bond motifs is 3. The molecule has 1 aromatic carbocycles. The Morgan fingerprint density at radius 2 is 1.98 bits per heavy atom. The van der Waals surface area contributed by atoms with Crippen LogP contribution in [-0.4, -0.2) is 99.4 Å². The van der Waals surface area contributed by atoms with Crippen molar-refractivity contribution in [1.82, 2.24) is 29.6 Å². The number of unbranched alkanes of at least 4 members (excludes halogenated alkanes) is 1. The van der Waals surface area contributed by atoms with Gasteiger partial charge in [0, 0.05) is 62.3 Å². The number of hydrogen-bond acceptors (Lipinski definition) is 11. The summed E-state index contributed by atoms with van der Waals surface area (Å²) in [7, 11) is 0. The molecular formula is C40H52F2N8O4. The van der Waals surface area contributed by atoms with Crippen molar-refractivity contribution >= 4 is 33.6 Å². The molecule has 0 radical (unpaired) electrons. The smallest absolute Gasteiger partial charge is 0.319 e. The lowest BCUT2D eigenvalue weighted by atomic mass is 9.91. The fourth-order valence-electron chi connectivity index (χ4n) is 9.25. The Bertz CT molecular complexity index is 2000. The molecule has 4 aliphatic heterocycles. The summed E-state index contributed by atoms with van der Waals surface area (Å²) in [6, 6.07) is 2.12. The fraction of sp³-hybridized carbons (Fsp3) is 0.625. The number of carbonyl (C=O) groups is 1. The largest absolute Gasteiger partial charge is 0.466 e. The van der Waals surface area contributed by atoms with E-state index < -0.39 is 17.5 Å². The molecule has 0 spiro atoms. The Hall–Kier alpha value is -4.01. The summed E-state index contributed by atoms with van der Waals surface area (Å²) < 4.78 is 51.7. The predicted molar refractivity (Wildman–Crippen MR) is 202 cm³/mol. The average Bonchev–Trinajstić information content (AvgIpc) is 3.85. The van der Waals surface area contributed by atoms with E-state index in [2.05, 4.69) is 15.9 Å². The molecule has 4 atom stereocenters. The Balaban J connectivity index is 1.23. The van der Waals surface area contributed by atoms with E-state index in [1.165, 1.54) is 0 Å². The van der Waals surface area contributed by atoms with E-state index in [-0.39, 0.29) is 42.1 Å². The molecule has 4 aromatic rings. The lowest BCUT2D eigenvalue weighted by Crippen LogP contribution is -2.44. The highest BCUT2D eigenvalue weighted by Crippen LogP contribution is 2.42. The van der Waals surface area contributed by atoms with Gasteiger partial charge in [0.05, 0.1) is 29.2 Å². The molecule has 3 aromatic heterocycles. The first-order chi connectivity index (χ1) is 26.2. The predicted octanol–water partition coefficient (Wildman–Crippen LogP) is 6.35. The summed E-state index contributed by atoms with van der Waals surface area (Å²) in [4.78, 5) is 30.8. The third-order valence-electron chi connectivity index (χ3n) is 11.9. The molecule has 4 aliphatic rings. The van der Waals surface area contributed by atoms with Crippen molar-refractivity contribution < 1.29 is 27.8 Å². The number of pyridine rings is 1. The monoisotopic (exact) mass is 746 g/mol. The molecule has 0 saturated carbocycles. The van der Waals surface area contributed by atoms with E-state index in [1.54, 1.807) is 19.3 Å². The molecule has 4 fully saturated rings. The number of nitrogens with two attached hydrogens (primary N) is 1. The van der Waals surface area contributed by atoms with Crippen LogP contribution >= 0.6 is 0 Å². The zero-order valence-corrected chi connectivity index (χ0v) is 31.5. The van der Waals surface area contributed by atoms with Crippen LogP contribution in [0.2, 0.25) is 0 Å². The van der Waals surface area contributed by atoms with Gasteiger partial charge >= 0.3 is 12.0 Å². The Kier molecular flexibility index (Phi) is 10.7. The molecule has 0 bridgehead atoms. The van der Waals surface area contributed by atoms with Crippen LogP contribution in [-0.2, 0) is 20.7 Å². The van der Waals surface area contributed by atoms with Crippen molar-refractivity contribution in [2.75, 3.05) is 50.9 Å². The number of halogens is 2. The summed E-state index contributed by atoms with van der Waals surface area (Å²) in [5, 5.41) is 6.05. The quantitative estimate of drug-likeness (QED) is 0.129. The van der Waals surface area contributed by atoms with Gasteiger partial charge in [-0.25, -0.2) is 13.5 Å². The minimum atomic E-state index is -0.901. The van der Waals surface area contributed by atoms with Gasteiger partial charge in [-0.15, -0.1) is 0 Å². The first-order valence-electron chi connectivity index (χ1n) is 19.9. The summed E-state index contributed by atoms with van der Waals surface area (Å²) in [6.45, 7) is 7.59. The molecule has 1 unspecified atom stereocenters. The highest BCUT2D eigenvalue weighted by Gasteiger charge is 2.49. The molecule has 8 rings (SSSR count). The summed E-state index contributed by atoms with van der Waals surface area (Å²) in [5.74, 6) is -0.259. The van der Waals surface area contributed by atoms with Gasteiger partial charge in [-0.3, -0.25) is 14.7 Å². The molecule has 4 saturated heterocycles. The van der Waals surface area contributed by atoms with Crippen LogP contribution in [0.25, 0.3) is 33.1 Å². The van der Waals surface area contributed by atoms with Gasteiger partial charge in [0.15, 0.2) is 12.0 Å². The van der Waals surface area contributed by atoms with Crippen molar-refractivity contribution in [1.29, 1.82) is 0 Å². The van der Waals surface area contributed by atoms with Crippen molar-refractivity contribution in [3.05, 3.63) is 35.4 Å². The maximum absolute atomic E-state index is 17.5. The third-order valence-corrected chi connectivity index (χ3v) is 11.9. The number of carbonyl (C=O) groups excluding carboxylic acids is 1. The fourth-order valence-corrected chi connectivity index (χ4v) is 9.25. The molecule has 2 N–H and O–H groups in total. The number of anilines is 1. The maximum atomic E-state index is 17.5. The van der Waals surface area contributed by atoms with E-state index in [9.17, 15) is 9.18 Å². The van der Waals surface area contributed by atoms with Crippen molar-refractivity contribution in [3.63, 3.8) is 0 Å². The molecule has 290 valence electrons. The van der Waals surface area contributed by atoms with Gasteiger partial charge in [-0.1, -0.05) is 0 Å². The maximum Gasteiger partial charge on any atom is 0.319 e. The molecule has 0 aliphatic carbocycles. The molecule has 12 nitrogen and oxygen atoms in total. The second kappa shape index (κ2) is 15.6. The highest BCUT2D eigenvalue weighted by molar-refractivity contribution is 6.00. The number of aryl methyl sites for hydroxylation is 1. The second-order valence-corrected chi connectivity index (χ2v) is 15.6. The number of alkyl halides is 1. The van der Waals surface area contributed by atoms with E-state index in [1.807, 2.05) is 11.6 Å². The summed E-state index contributed by atoms with van der Waals surface area (Å²) >= 11 is 0. The van der Waals surface area contributed by atoms with Crippen molar-refractivity contribution in [2.45, 2.75) is 115 Å². The number of benzene rings is 1. The summed E-state index contributed by atoms with van der Waals surface area (Å²) in [6.07, 6.45) is 11.5. The highest BCUT2D eigenvalue weighted by atomic mass is 19.1. The number of rotatable bonds is 12. The van der Waals surface area contributed by atoms with Gasteiger partial charge in [-0.05, 0) is 102 Å². The molecule has 7 heterocycles. The van der Waals surface area contributed by atoms with E-state index in [0.717, 1.165) is 73.5 Å². The number of esters is 1. The van der Waals surface area contributed by atoms with E-state index in [4.69, 9.17) is 40.0 Å². The Morgan fingerprint density at radius 1 is 1.09 bits per heavy atom. The lowest BCUT2D eigenvalue weighted by Gasteiger charge is -2.33. The minimum absolute atomic E-state index is 0.0484. The van der Waals surface area contributed by atoms with E-state index in [0.29, 0.717) is 81.7 Å². The number of ether oxygens (including phenoxy) is 3. The molecule has 0 amide bonds. The van der Waals surface area contributed by atoms with Gasteiger partial charge in [0.1, 0.15) is 29.8 Å². The molecule has 14 heteroatoms. The standard InChI is InChI=1S/C40H52F2N8O4/c1-3-52-33(51)13-5-4-11-28-25(2)18-31-29(21-45-50(31)32-12-6-7-17-53-32)34(28)37-35(42)36-30(20-44-37)38(48-15-8-10-27(43)23-48)47-39(46-36)54-24-40-14-9-16-49(40)22-26(41)19-40/h18,20-21,26-27,32H,3-17,19,22-24,43H2,1-2H3/t26-,27-,32?,40+/m1/s1. The van der Waals surface area contributed by atoms with Gasteiger partial charge < -0.3 is 24.8 Å². The second-order valence-electron chi connectivity index (χ2n) is 15.6. The van der Waals surface area contributed by atoms with Crippen molar-refractivity contribution in [2.24, 2.45) is 5.73 Å². The lowest BCUT2D eigenvalue weighted by molar-refractivity contribution is -0.143. The van der Waals surface area contributed by atoms with Crippen LogP contribution in [0.3, 0.4) is 0 Å². The first-order valence-corrected chi connectivity index (χ1v) is 19.9. The first kappa shape index (κ1) is 36.9. The Labute approximate surface area is 314 Å². The van der Waals surface area contributed by atoms with E-state index >= 15 is 4.39 Å². The van der Waals surface area contributed by atoms with Gasteiger partial charge in [0.25, 0.3) is 0 Å². The topological polar surface area (TPSA) is 134 Å². The SMILES string of the molecule is CCOC(=O)CCCCc1c(C)cc2c(cnn2C2CCCCO2)c1-c1ncc2c(N3CCC[C@@H](N)C3)nc(OC[C@@]34CCCN3C[C@H](F)C4)nc2c1F. The van der Waals surface area contributed by atoms with Crippen LogP contribution in [0.1, 0.15) is 94.9 Å². The normalized spacial score (nSPS) is 24.8. The average molecular weight is 747 g/mol. The van der Waals surface area contributed by atoms with Crippen LogP contribution in [0.15, 0.2) is 18.5 Å². The molecular weight excluding hydrogens is 694 g/mol. The van der Waals surface area contributed by atoms with Gasteiger partial charge in [0.2, 0.25) is 0 Å². The molecule has 54 heavy (non-hydrogen) atoms. The van der Waals surface area contributed by atoms with Crippen molar-refractivity contribution in [3.8, 4) is 17.3 Å². The zero-order valence-electron chi connectivity index (χ0n) is 31.5. The van der Waals surface area contributed by atoms with Gasteiger partial charge in [-0.2, -0.15) is 15.1 Å². The number of aromatic nitrogens is 5. The number of nitrogens with zero attached hydrogens (tertiary/aromatic N) is 7. The number of piperidine rings is 1. The number of hydrogen-bond donors (Lipinski definition) is 1. The van der Waals surface area contributed by atoms with Crippen LogP contribution in [0.4, 0.5) is 14.6 Å².